The number of hydrogen-bond donors (Lipinski definition) is 0. The van der Waals surface area contributed by atoms with Crippen LogP contribution in [0.25, 0.3) is 0 Å². The monoisotopic (exact) mass is 227 g/mol. The van der Waals surface area contributed by atoms with Gasteiger partial charge in [-0.1, -0.05) is 13.3 Å². The molecule has 0 N–H and O–H groups in total. The molecule has 1 amide bonds. The second kappa shape index (κ2) is 5.87. The van der Waals surface area contributed by atoms with Gasteiger partial charge in [-0.05, 0) is 25.2 Å². The van der Waals surface area contributed by atoms with E-state index in [9.17, 15) is 9.59 Å². The van der Waals surface area contributed by atoms with Crippen molar-refractivity contribution in [3.8, 4) is 0 Å². The number of carbonyl (C=O) groups excluding carboxylic acids is 2. The van der Waals surface area contributed by atoms with Crippen molar-refractivity contribution in [3.63, 3.8) is 0 Å². The summed E-state index contributed by atoms with van der Waals surface area (Å²) in [5.41, 5.74) is 0. The molecule has 1 aliphatic carbocycles. The zero-order valence-corrected chi connectivity index (χ0v) is 10.4. The van der Waals surface area contributed by atoms with E-state index in [1.165, 1.54) is 18.2 Å². The summed E-state index contributed by atoms with van der Waals surface area (Å²) in [6.45, 7) is 3.68. The van der Waals surface area contributed by atoms with E-state index in [1.807, 2.05) is 0 Å². The van der Waals surface area contributed by atoms with Crippen LogP contribution in [0, 0.1) is 5.92 Å². The topological polar surface area (TPSA) is 46.6 Å². The van der Waals surface area contributed by atoms with Gasteiger partial charge in [-0.25, -0.2) is 0 Å². The van der Waals surface area contributed by atoms with E-state index in [0.717, 1.165) is 19.3 Å². The number of amides is 1. The molecule has 92 valence electrons. The number of rotatable bonds is 3. The number of esters is 1. The maximum Gasteiger partial charge on any atom is 0.325 e. The largest absolute Gasteiger partial charge is 0.461 e. The maximum atomic E-state index is 11.5. The lowest BCUT2D eigenvalue weighted by atomic mass is 9.89. The molecule has 0 heterocycles. The number of nitrogens with zero attached hydrogens (tertiary/aromatic N) is 1. The van der Waals surface area contributed by atoms with Gasteiger partial charge in [0, 0.05) is 14.0 Å². The number of likely N-dealkylation sites (N-methyl/N-ethyl adjacent to an activating group) is 1. The lowest BCUT2D eigenvalue weighted by molar-refractivity contribution is -0.154. The molecule has 0 unspecified atom stereocenters. The molecular weight excluding hydrogens is 206 g/mol. The lowest BCUT2D eigenvalue weighted by Gasteiger charge is -2.27. The molecule has 0 bridgehead atoms. The molecule has 1 saturated carbocycles. The fraction of sp³-hybridized carbons (Fsp3) is 0.833. The molecule has 16 heavy (non-hydrogen) atoms. The predicted molar refractivity (Wildman–Crippen MR) is 60.8 cm³/mol. The van der Waals surface area contributed by atoms with Gasteiger partial charge in [0.2, 0.25) is 5.91 Å². The van der Waals surface area contributed by atoms with Crippen LogP contribution < -0.4 is 0 Å². The quantitative estimate of drug-likeness (QED) is 0.688. The van der Waals surface area contributed by atoms with Crippen LogP contribution in [0.5, 0.6) is 0 Å². The molecule has 0 radical (unpaired) electrons. The molecule has 0 aliphatic heterocycles. The van der Waals surface area contributed by atoms with E-state index in [2.05, 4.69) is 6.92 Å². The molecule has 0 aromatic carbocycles. The summed E-state index contributed by atoms with van der Waals surface area (Å²) >= 11 is 0. The van der Waals surface area contributed by atoms with E-state index in [1.54, 1.807) is 7.05 Å². The Morgan fingerprint density at radius 3 is 2.62 bits per heavy atom. The Bertz CT molecular complexity index is 265. The Labute approximate surface area is 96.9 Å². The van der Waals surface area contributed by atoms with Gasteiger partial charge >= 0.3 is 5.97 Å². The summed E-state index contributed by atoms with van der Waals surface area (Å²) in [5, 5.41) is 0. The highest BCUT2D eigenvalue weighted by Crippen LogP contribution is 2.25. The summed E-state index contributed by atoms with van der Waals surface area (Å²) in [6.07, 6.45) is 4.31. The average Bonchev–Trinajstić information content (AvgIpc) is 2.16. The Kier molecular flexibility index (Phi) is 4.77. The molecule has 4 nitrogen and oxygen atoms in total. The highest BCUT2D eigenvalue weighted by atomic mass is 16.5. The van der Waals surface area contributed by atoms with Gasteiger partial charge in [-0.15, -0.1) is 0 Å². The minimum Gasteiger partial charge on any atom is -0.461 e. The van der Waals surface area contributed by atoms with Crippen LogP contribution in [0.3, 0.4) is 0 Å². The normalized spacial score (nSPS) is 24.9. The average molecular weight is 227 g/mol. The van der Waals surface area contributed by atoms with Crippen LogP contribution in [0.15, 0.2) is 0 Å². The fourth-order valence-electron chi connectivity index (χ4n) is 2.01. The molecule has 1 fully saturated rings. The van der Waals surface area contributed by atoms with Crippen molar-refractivity contribution in [2.45, 2.75) is 45.6 Å². The first kappa shape index (κ1) is 13.0. The first-order valence-corrected chi connectivity index (χ1v) is 5.90. The second-order valence-corrected chi connectivity index (χ2v) is 4.76. The SMILES string of the molecule is CC(=O)N(C)CC(=O)O[C@@H]1CCC[C@H](C)C1. The molecular formula is C12H21NO3. The predicted octanol–water partition coefficient (Wildman–Crippen LogP) is 1.59. The molecule has 4 heteroatoms. The van der Waals surface area contributed by atoms with Crippen molar-refractivity contribution < 1.29 is 14.3 Å². The Morgan fingerprint density at radius 2 is 2.06 bits per heavy atom. The van der Waals surface area contributed by atoms with Gasteiger partial charge in [0.1, 0.15) is 12.6 Å². The molecule has 2 atom stereocenters. The van der Waals surface area contributed by atoms with Crippen LogP contribution in [0.4, 0.5) is 0 Å². The van der Waals surface area contributed by atoms with E-state index in [-0.39, 0.29) is 24.5 Å². The molecule has 0 aromatic rings. The summed E-state index contributed by atoms with van der Waals surface area (Å²) < 4.78 is 5.35. The number of hydrogen-bond acceptors (Lipinski definition) is 3. The molecule has 0 saturated heterocycles. The van der Waals surface area contributed by atoms with Gasteiger partial charge in [0.15, 0.2) is 0 Å². The third-order valence-corrected chi connectivity index (χ3v) is 3.09. The maximum absolute atomic E-state index is 11.5. The summed E-state index contributed by atoms with van der Waals surface area (Å²) in [5.74, 6) is 0.225. The summed E-state index contributed by atoms with van der Waals surface area (Å²) in [7, 11) is 1.60. The zero-order valence-electron chi connectivity index (χ0n) is 10.4. The van der Waals surface area contributed by atoms with Gasteiger partial charge in [0.25, 0.3) is 0 Å². The van der Waals surface area contributed by atoms with Crippen LogP contribution in [-0.2, 0) is 14.3 Å². The summed E-state index contributed by atoms with van der Waals surface area (Å²) in [6, 6.07) is 0. The van der Waals surface area contributed by atoms with E-state index < -0.39 is 0 Å². The van der Waals surface area contributed by atoms with Crippen LogP contribution in [0.1, 0.15) is 39.5 Å². The van der Waals surface area contributed by atoms with Crippen LogP contribution >= 0.6 is 0 Å². The van der Waals surface area contributed by atoms with Crippen LogP contribution in [-0.4, -0.2) is 36.5 Å². The Hall–Kier alpha value is -1.06. The zero-order chi connectivity index (χ0) is 12.1. The van der Waals surface area contributed by atoms with Crippen LogP contribution in [0.2, 0.25) is 0 Å². The minimum atomic E-state index is -0.295. The van der Waals surface area contributed by atoms with E-state index >= 15 is 0 Å². The third kappa shape index (κ3) is 4.21. The Morgan fingerprint density at radius 1 is 1.38 bits per heavy atom. The van der Waals surface area contributed by atoms with Crippen molar-refractivity contribution in [1.29, 1.82) is 0 Å². The number of carbonyl (C=O) groups is 2. The standard InChI is InChI=1S/C12H21NO3/c1-9-5-4-6-11(7-9)16-12(15)8-13(3)10(2)14/h9,11H,4-8H2,1-3H3/t9-,11+/m0/s1. The van der Waals surface area contributed by atoms with Gasteiger partial charge in [0.05, 0.1) is 0 Å². The van der Waals surface area contributed by atoms with E-state index in [4.69, 9.17) is 4.74 Å². The van der Waals surface area contributed by atoms with Crippen molar-refractivity contribution in [1.82, 2.24) is 4.90 Å². The second-order valence-electron chi connectivity index (χ2n) is 4.76. The highest BCUT2D eigenvalue weighted by Gasteiger charge is 2.22. The van der Waals surface area contributed by atoms with Crippen molar-refractivity contribution in [2.75, 3.05) is 13.6 Å². The van der Waals surface area contributed by atoms with Crippen molar-refractivity contribution >= 4 is 11.9 Å². The number of ether oxygens (including phenoxy) is 1. The van der Waals surface area contributed by atoms with Crippen molar-refractivity contribution in [3.05, 3.63) is 0 Å². The molecule has 1 aliphatic rings. The van der Waals surface area contributed by atoms with Gasteiger partial charge in [-0.3, -0.25) is 9.59 Å². The van der Waals surface area contributed by atoms with E-state index in [0.29, 0.717) is 5.92 Å². The lowest BCUT2D eigenvalue weighted by Crippen LogP contribution is -2.34. The first-order chi connectivity index (χ1) is 7.49. The summed E-state index contributed by atoms with van der Waals surface area (Å²) in [4.78, 5) is 23.8. The van der Waals surface area contributed by atoms with Gasteiger partial charge < -0.3 is 9.64 Å². The Balaban J connectivity index is 2.30. The smallest absolute Gasteiger partial charge is 0.325 e. The molecule has 0 aromatic heterocycles. The first-order valence-electron chi connectivity index (χ1n) is 5.90. The third-order valence-electron chi connectivity index (χ3n) is 3.09. The molecule has 0 spiro atoms. The van der Waals surface area contributed by atoms with Gasteiger partial charge in [-0.2, -0.15) is 0 Å². The highest BCUT2D eigenvalue weighted by molar-refractivity contribution is 5.80. The molecule has 1 rings (SSSR count). The minimum absolute atomic E-state index is 0.0524. The fourth-order valence-corrected chi connectivity index (χ4v) is 2.01. The van der Waals surface area contributed by atoms with Crippen molar-refractivity contribution in [2.24, 2.45) is 5.92 Å².